The summed E-state index contributed by atoms with van der Waals surface area (Å²) in [5.74, 6) is -1.17. The lowest BCUT2D eigenvalue weighted by atomic mass is 10.2. The summed E-state index contributed by atoms with van der Waals surface area (Å²) in [6.45, 7) is 4.46. The van der Waals surface area contributed by atoms with Gasteiger partial charge in [0.1, 0.15) is 0 Å². The molecule has 130 valence electrons. The lowest BCUT2D eigenvalue weighted by Gasteiger charge is -2.23. The van der Waals surface area contributed by atoms with Crippen LogP contribution in [-0.4, -0.2) is 36.6 Å². The smallest absolute Gasteiger partial charge is 0.344 e. The highest BCUT2D eigenvalue weighted by Gasteiger charge is 2.40. The molecule has 1 rings (SSSR count). The zero-order valence-corrected chi connectivity index (χ0v) is 14.5. The first kappa shape index (κ1) is 19.8. The Balaban J connectivity index is 2.46. The van der Waals surface area contributed by atoms with E-state index in [-0.39, 0.29) is 19.6 Å². The Morgan fingerprint density at radius 2 is 1.78 bits per heavy atom. The molecule has 0 amide bonds. The van der Waals surface area contributed by atoms with E-state index in [1.54, 1.807) is 13.8 Å². The lowest BCUT2D eigenvalue weighted by Crippen LogP contribution is -2.23. The van der Waals surface area contributed by atoms with Crippen LogP contribution >= 0.6 is 7.60 Å². The highest BCUT2D eigenvalue weighted by molar-refractivity contribution is 7.55. The quantitative estimate of drug-likeness (QED) is 0.460. The van der Waals surface area contributed by atoms with Gasteiger partial charge in [-0.1, -0.05) is 30.3 Å². The van der Waals surface area contributed by atoms with Gasteiger partial charge in [-0.25, -0.2) is 0 Å². The van der Waals surface area contributed by atoms with Gasteiger partial charge in [0.25, 0.3) is 0 Å². The van der Waals surface area contributed by atoms with Crippen molar-refractivity contribution in [3.05, 3.63) is 35.9 Å². The Kier molecular flexibility index (Phi) is 9.10. The van der Waals surface area contributed by atoms with Crippen LogP contribution in [0.3, 0.4) is 0 Å². The van der Waals surface area contributed by atoms with Crippen molar-refractivity contribution < 1.29 is 28.3 Å². The van der Waals surface area contributed by atoms with Crippen LogP contribution in [-0.2, 0) is 29.8 Å². The van der Waals surface area contributed by atoms with Crippen molar-refractivity contribution in [1.82, 2.24) is 0 Å². The average Bonchev–Trinajstić information content (AvgIpc) is 2.51. The normalized spacial score (nSPS) is 13.0. The van der Waals surface area contributed by atoms with Crippen molar-refractivity contribution in [2.24, 2.45) is 0 Å². The van der Waals surface area contributed by atoms with Crippen molar-refractivity contribution in [3.8, 4) is 0 Å². The zero-order valence-electron chi connectivity index (χ0n) is 13.6. The van der Waals surface area contributed by atoms with Crippen molar-refractivity contribution in [2.45, 2.75) is 39.0 Å². The molecule has 23 heavy (non-hydrogen) atoms. The van der Waals surface area contributed by atoms with Crippen molar-refractivity contribution in [1.29, 1.82) is 0 Å². The number of ether oxygens (including phenoxy) is 1. The van der Waals surface area contributed by atoms with E-state index in [2.05, 4.69) is 0 Å². The average molecular weight is 344 g/mol. The molecule has 1 N–H and O–H groups in total. The zero-order chi connectivity index (χ0) is 17.1. The fraction of sp³-hybridized carbons (Fsp3) is 0.562. The number of carboxylic acid groups (broad SMARTS) is 1. The molecule has 0 saturated heterocycles. The minimum atomic E-state index is -3.65. The van der Waals surface area contributed by atoms with E-state index >= 15 is 0 Å². The molecule has 0 spiro atoms. The molecule has 0 bridgehead atoms. The predicted octanol–water partition coefficient (Wildman–Crippen LogP) is 3.70. The van der Waals surface area contributed by atoms with Crippen LogP contribution in [0.2, 0.25) is 0 Å². The highest BCUT2D eigenvalue weighted by atomic mass is 31.2. The molecule has 0 aliphatic carbocycles. The summed E-state index contributed by atoms with van der Waals surface area (Å²) in [5.41, 5.74) is -0.112. The molecule has 6 nitrogen and oxygen atoms in total. The SMILES string of the molecule is CCOP(=O)(OCC)C(CCCOCc1ccccc1)C(=O)O. The molecule has 1 atom stereocenters. The number of aliphatic carboxylic acids is 1. The number of hydrogen-bond acceptors (Lipinski definition) is 5. The molecule has 0 aromatic heterocycles. The molecule has 0 heterocycles. The molecule has 1 aromatic rings. The van der Waals surface area contributed by atoms with E-state index in [1.807, 2.05) is 30.3 Å². The highest BCUT2D eigenvalue weighted by Crippen LogP contribution is 2.54. The fourth-order valence-corrected chi connectivity index (χ4v) is 4.06. The van der Waals surface area contributed by atoms with Crippen LogP contribution in [0.4, 0.5) is 0 Å². The Bertz CT molecular complexity index is 495. The van der Waals surface area contributed by atoms with Gasteiger partial charge in [-0.15, -0.1) is 0 Å². The summed E-state index contributed by atoms with van der Waals surface area (Å²) in [4.78, 5) is 11.4. The first-order chi connectivity index (χ1) is 11.0. The summed E-state index contributed by atoms with van der Waals surface area (Å²) < 4.78 is 28.4. The first-order valence-electron chi connectivity index (χ1n) is 7.76. The summed E-state index contributed by atoms with van der Waals surface area (Å²) >= 11 is 0. The van der Waals surface area contributed by atoms with Gasteiger partial charge < -0.3 is 18.9 Å². The minimum absolute atomic E-state index is 0.144. The lowest BCUT2D eigenvalue weighted by molar-refractivity contribution is -0.137. The van der Waals surface area contributed by atoms with Crippen LogP contribution in [0.1, 0.15) is 32.3 Å². The summed E-state index contributed by atoms with van der Waals surface area (Å²) in [5, 5.41) is 9.32. The van der Waals surface area contributed by atoms with Crippen LogP contribution in [0.25, 0.3) is 0 Å². The predicted molar refractivity (Wildman–Crippen MR) is 87.6 cm³/mol. The van der Waals surface area contributed by atoms with Gasteiger partial charge in [0.15, 0.2) is 5.66 Å². The van der Waals surface area contributed by atoms with E-state index in [4.69, 9.17) is 13.8 Å². The number of carbonyl (C=O) groups is 1. The van der Waals surface area contributed by atoms with Crippen LogP contribution in [0, 0.1) is 0 Å². The minimum Gasteiger partial charge on any atom is -0.481 e. The Labute approximate surface area is 137 Å². The molecule has 7 heteroatoms. The number of benzene rings is 1. The third-order valence-corrected chi connectivity index (χ3v) is 5.64. The second kappa shape index (κ2) is 10.6. The van der Waals surface area contributed by atoms with E-state index in [1.165, 1.54) is 0 Å². The fourth-order valence-electron chi connectivity index (χ4n) is 2.14. The standard InChI is InChI=1S/C16H25O6P/c1-3-21-23(19,22-4-2)15(16(17)18)11-8-12-20-13-14-9-6-5-7-10-14/h5-7,9-10,15H,3-4,8,11-13H2,1-2H3,(H,17,18). The number of rotatable bonds is 12. The molecular formula is C16H25O6P. The molecule has 0 aliphatic heterocycles. The second-order valence-electron chi connectivity index (χ2n) is 4.91. The van der Waals surface area contributed by atoms with E-state index in [0.717, 1.165) is 5.56 Å². The molecule has 1 unspecified atom stereocenters. The molecule has 0 fully saturated rings. The Morgan fingerprint density at radius 1 is 1.17 bits per heavy atom. The van der Waals surface area contributed by atoms with Gasteiger partial charge in [0.05, 0.1) is 19.8 Å². The monoisotopic (exact) mass is 344 g/mol. The summed E-state index contributed by atoms with van der Waals surface area (Å²) in [6.07, 6.45) is 0.648. The van der Waals surface area contributed by atoms with Gasteiger partial charge >= 0.3 is 13.6 Å². The molecule has 0 saturated carbocycles. The van der Waals surface area contributed by atoms with Gasteiger partial charge in [-0.05, 0) is 32.3 Å². The maximum atomic E-state index is 12.6. The van der Waals surface area contributed by atoms with Crippen LogP contribution in [0.15, 0.2) is 30.3 Å². The molecular weight excluding hydrogens is 319 g/mol. The van der Waals surface area contributed by atoms with Crippen LogP contribution in [0.5, 0.6) is 0 Å². The third kappa shape index (κ3) is 6.83. The first-order valence-corrected chi connectivity index (χ1v) is 9.38. The van der Waals surface area contributed by atoms with Crippen molar-refractivity contribution in [3.63, 3.8) is 0 Å². The van der Waals surface area contributed by atoms with Gasteiger partial charge in [0, 0.05) is 6.61 Å². The molecule has 1 aromatic carbocycles. The largest absolute Gasteiger partial charge is 0.481 e. The number of hydrogen-bond donors (Lipinski definition) is 1. The molecule has 0 radical (unpaired) electrons. The molecule has 0 aliphatic rings. The van der Waals surface area contributed by atoms with Gasteiger partial charge in [0.2, 0.25) is 0 Å². The van der Waals surface area contributed by atoms with Crippen molar-refractivity contribution in [2.75, 3.05) is 19.8 Å². The van der Waals surface area contributed by atoms with Crippen molar-refractivity contribution >= 4 is 13.6 Å². The second-order valence-corrected chi connectivity index (χ2v) is 7.13. The topological polar surface area (TPSA) is 82.1 Å². The van der Waals surface area contributed by atoms with Crippen LogP contribution < -0.4 is 0 Å². The number of carboxylic acids is 1. The van der Waals surface area contributed by atoms with E-state index in [9.17, 15) is 14.5 Å². The summed E-state index contributed by atoms with van der Waals surface area (Å²) in [6, 6.07) is 9.70. The Hall–Kier alpha value is -1.20. The maximum absolute atomic E-state index is 12.6. The van der Waals surface area contributed by atoms with E-state index < -0.39 is 19.2 Å². The van der Waals surface area contributed by atoms with E-state index in [0.29, 0.717) is 19.6 Å². The summed E-state index contributed by atoms with van der Waals surface area (Å²) in [7, 11) is -3.65. The third-order valence-electron chi connectivity index (χ3n) is 3.16. The van der Waals surface area contributed by atoms with Gasteiger partial charge in [-0.3, -0.25) is 9.36 Å². The van der Waals surface area contributed by atoms with Gasteiger partial charge in [-0.2, -0.15) is 0 Å². The maximum Gasteiger partial charge on any atom is 0.344 e. The Morgan fingerprint density at radius 3 is 2.30 bits per heavy atom.